The number of aromatic nitrogens is 4. The first-order valence-corrected chi connectivity index (χ1v) is 10.3. The van der Waals surface area contributed by atoms with Crippen molar-refractivity contribution in [1.29, 1.82) is 0 Å². The number of anilines is 1. The predicted octanol–water partition coefficient (Wildman–Crippen LogP) is 3.82. The second kappa shape index (κ2) is 8.93. The monoisotopic (exact) mass is 433 g/mol. The second-order valence-corrected chi connectivity index (χ2v) is 7.36. The Hall–Kier alpha value is -4.14. The Bertz CT molecular complexity index is 1270. The maximum Gasteiger partial charge on any atom is 0.256 e. The van der Waals surface area contributed by atoms with Crippen molar-refractivity contribution in [3.63, 3.8) is 0 Å². The lowest BCUT2D eigenvalue weighted by molar-refractivity contribution is 0.102. The van der Waals surface area contributed by atoms with Crippen LogP contribution >= 0.6 is 0 Å². The maximum atomic E-state index is 12.9. The molecule has 0 saturated heterocycles. The Kier molecular flexibility index (Phi) is 5.89. The van der Waals surface area contributed by atoms with Crippen LogP contribution in [0.25, 0.3) is 17.4 Å². The Labute approximate surface area is 184 Å². The number of nitrogens with one attached hydrogen (secondary N) is 2. The van der Waals surface area contributed by atoms with Gasteiger partial charge in [-0.15, -0.1) is 0 Å². The summed E-state index contributed by atoms with van der Waals surface area (Å²) in [5.74, 6) is 1.38. The van der Waals surface area contributed by atoms with Gasteiger partial charge in [0, 0.05) is 23.4 Å². The van der Waals surface area contributed by atoms with E-state index >= 15 is 0 Å². The second-order valence-electron chi connectivity index (χ2n) is 7.36. The zero-order valence-electron chi connectivity index (χ0n) is 18.0. The molecule has 0 aliphatic rings. The van der Waals surface area contributed by atoms with Crippen LogP contribution in [0, 0.1) is 0 Å². The highest BCUT2D eigenvalue weighted by Crippen LogP contribution is 2.24. The maximum absolute atomic E-state index is 12.9. The number of aromatic amines is 1. The molecule has 32 heavy (non-hydrogen) atoms. The van der Waals surface area contributed by atoms with Gasteiger partial charge in [-0.05, 0) is 56.7 Å². The van der Waals surface area contributed by atoms with E-state index in [2.05, 4.69) is 20.4 Å². The predicted molar refractivity (Wildman–Crippen MR) is 119 cm³/mol. The molecule has 0 bridgehead atoms. The third-order valence-corrected chi connectivity index (χ3v) is 4.56. The first-order chi connectivity index (χ1) is 15.4. The van der Waals surface area contributed by atoms with Crippen LogP contribution in [-0.4, -0.2) is 31.8 Å². The van der Waals surface area contributed by atoms with Crippen LogP contribution in [0.5, 0.6) is 5.75 Å². The van der Waals surface area contributed by atoms with Crippen LogP contribution in [0.4, 0.5) is 5.82 Å². The van der Waals surface area contributed by atoms with Crippen molar-refractivity contribution in [1.82, 2.24) is 19.7 Å². The number of H-pyrrole nitrogens is 1. The molecule has 0 atom stereocenters. The Morgan fingerprint density at radius 1 is 1.22 bits per heavy atom. The summed E-state index contributed by atoms with van der Waals surface area (Å²) in [5.41, 5.74) is 1.23. The van der Waals surface area contributed by atoms with Crippen molar-refractivity contribution in [2.45, 2.75) is 33.3 Å². The van der Waals surface area contributed by atoms with Crippen LogP contribution in [0.15, 0.2) is 64.0 Å². The molecule has 4 aromatic rings. The minimum absolute atomic E-state index is 0.0394. The van der Waals surface area contributed by atoms with E-state index in [1.54, 1.807) is 42.5 Å². The summed E-state index contributed by atoms with van der Waals surface area (Å²) in [7, 11) is 0. The third kappa shape index (κ3) is 4.61. The molecule has 3 aromatic heterocycles. The van der Waals surface area contributed by atoms with Crippen molar-refractivity contribution in [2.24, 2.45) is 0 Å². The molecule has 0 unspecified atom stereocenters. The molecule has 0 aliphatic carbocycles. The molecular formula is C23H23N5O4. The van der Waals surface area contributed by atoms with Crippen LogP contribution in [0.2, 0.25) is 0 Å². The van der Waals surface area contributed by atoms with Gasteiger partial charge in [0.25, 0.3) is 11.5 Å². The minimum atomic E-state index is -0.345. The number of carbonyl (C=O) groups is 1. The van der Waals surface area contributed by atoms with Gasteiger partial charge in [0.2, 0.25) is 5.95 Å². The fourth-order valence-corrected chi connectivity index (χ4v) is 3.10. The summed E-state index contributed by atoms with van der Waals surface area (Å²) in [4.78, 5) is 32.1. The number of hydrogen-bond acceptors (Lipinski definition) is 6. The van der Waals surface area contributed by atoms with Gasteiger partial charge in [-0.25, -0.2) is 4.98 Å². The molecule has 0 fully saturated rings. The average molecular weight is 433 g/mol. The van der Waals surface area contributed by atoms with E-state index < -0.39 is 0 Å². The lowest BCUT2D eigenvalue weighted by Crippen LogP contribution is -2.19. The molecule has 9 heteroatoms. The van der Waals surface area contributed by atoms with E-state index in [9.17, 15) is 9.59 Å². The van der Waals surface area contributed by atoms with Gasteiger partial charge in [-0.3, -0.25) is 14.6 Å². The van der Waals surface area contributed by atoms with Gasteiger partial charge in [-0.1, -0.05) is 6.92 Å². The van der Waals surface area contributed by atoms with E-state index in [1.807, 2.05) is 20.8 Å². The number of benzene rings is 1. The summed E-state index contributed by atoms with van der Waals surface area (Å²) in [5, 5.41) is 7.33. The molecular weight excluding hydrogens is 410 g/mol. The highest BCUT2D eigenvalue weighted by molar-refractivity contribution is 6.04. The smallest absolute Gasteiger partial charge is 0.256 e. The summed E-state index contributed by atoms with van der Waals surface area (Å²) in [6.45, 7) is 5.77. The molecule has 164 valence electrons. The third-order valence-electron chi connectivity index (χ3n) is 4.56. The number of rotatable bonds is 7. The Morgan fingerprint density at radius 3 is 2.66 bits per heavy atom. The van der Waals surface area contributed by atoms with Crippen LogP contribution in [0.3, 0.4) is 0 Å². The Morgan fingerprint density at radius 2 is 2.00 bits per heavy atom. The number of ether oxygens (including phenoxy) is 1. The highest BCUT2D eigenvalue weighted by Gasteiger charge is 2.18. The SMILES string of the molecule is CCc1cc(=O)[nH]c(-n2nc(-c3ccco3)cc2NC(=O)c2ccc(OC(C)C)cc2)n1. The molecule has 0 spiro atoms. The molecule has 2 N–H and O–H groups in total. The van der Waals surface area contributed by atoms with Crippen LogP contribution in [0.1, 0.15) is 36.8 Å². The first kappa shape index (κ1) is 21.1. The number of nitrogens with zero attached hydrogens (tertiary/aromatic N) is 3. The molecule has 0 saturated carbocycles. The van der Waals surface area contributed by atoms with E-state index in [-0.39, 0.29) is 23.5 Å². The van der Waals surface area contributed by atoms with E-state index in [4.69, 9.17) is 9.15 Å². The topological polar surface area (TPSA) is 115 Å². The normalized spacial score (nSPS) is 11.0. The van der Waals surface area contributed by atoms with E-state index in [0.29, 0.717) is 40.7 Å². The molecule has 0 radical (unpaired) electrons. The quantitative estimate of drug-likeness (QED) is 0.458. The number of amides is 1. The van der Waals surface area contributed by atoms with Crippen molar-refractivity contribution >= 4 is 11.7 Å². The highest BCUT2D eigenvalue weighted by atomic mass is 16.5. The van der Waals surface area contributed by atoms with Crippen molar-refractivity contribution in [2.75, 3.05) is 5.32 Å². The number of hydrogen-bond donors (Lipinski definition) is 2. The van der Waals surface area contributed by atoms with Crippen molar-refractivity contribution in [3.8, 4) is 23.2 Å². The van der Waals surface area contributed by atoms with Gasteiger partial charge < -0.3 is 14.5 Å². The average Bonchev–Trinajstić information content (AvgIpc) is 3.43. The number of carbonyl (C=O) groups excluding carboxylic acids is 1. The van der Waals surface area contributed by atoms with E-state index in [1.165, 1.54) is 17.0 Å². The van der Waals surface area contributed by atoms with Crippen molar-refractivity contribution < 1.29 is 13.9 Å². The molecule has 1 aromatic carbocycles. The fourth-order valence-electron chi connectivity index (χ4n) is 3.10. The first-order valence-electron chi connectivity index (χ1n) is 10.3. The lowest BCUT2D eigenvalue weighted by atomic mass is 10.2. The van der Waals surface area contributed by atoms with Gasteiger partial charge in [0.05, 0.1) is 12.4 Å². The lowest BCUT2D eigenvalue weighted by Gasteiger charge is -2.11. The summed E-state index contributed by atoms with van der Waals surface area (Å²) in [6, 6.07) is 13.4. The summed E-state index contributed by atoms with van der Waals surface area (Å²) in [6.07, 6.45) is 2.15. The molecule has 9 nitrogen and oxygen atoms in total. The van der Waals surface area contributed by atoms with Gasteiger partial charge in [0.15, 0.2) is 5.76 Å². The molecule has 3 heterocycles. The fraction of sp³-hybridized carbons (Fsp3) is 0.217. The number of aryl methyl sites for hydroxylation is 1. The van der Waals surface area contributed by atoms with Gasteiger partial charge in [0.1, 0.15) is 17.3 Å². The van der Waals surface area contributed by atoms with Crippen LogP contribution in [-0.2, 0) is 6.42 Å². The summed E-state index contributed by atoms with van der Waals surface area (Å²) >= 11 is 0. The molecule has 1 amide bonds. The zero-order chi connectivity index (χ0) is 22.7. The molecule has 0 aliphatic heterocycles. The van der Waals surface area contributed by atoms with Gasteiger partial charge >= 0.3 is 0 Å². The van der Waals surface area contributed by atoms with E-state index in [0.717, 1.165) is 0 Å². The van der Waals surface area contributed by atoms with Gasteiger partial charge in [-0.2, -0.15) is 9.78 Å². The van der Waals surface area contributed by atoms with Crippen molar-refractivity contribution in [3.05, 3.63) is 76.4 Å². The minimum Gasteiger partial charge on any atom is -0.491 e. The largest absolute Gasteiger partial charge is 0.491 e. The number of furan rings is 1. The molecule has 4 rings (SSSR count). The Balaban J connectivity index is 1.69. The van der Waals surface area contributed by atoms with Crippen LogP contribution < -0.4 is 15.6 Å². The zero-order valence-corrected chi connectivity index (χ0v) is 18.0. The standard InChI is InChI=1S/C23H23N5O4/c1-4-16-12-21(29)26-23(24-16)28-20(13-18(27-28)19-6-5-11-31-19)25-22(30)15-7-9-17(10-8-15)32-14(2)3/h5-14H,4H2,1-3H3,(H,25,30)(H,24,26,29). The summed E-state index contributed by atoms with van der Waals surface area (Å²) < 4.78 is 12.4.